The molecule has 0 amide bonds. The number of rotatable bonds is 3. The van der Waals surface area contributed by atoms with Crippen molar-refractivity contribution in [3.8, 4) is 11.1 Å². The molecule has 0 unspecified atom stereocenters. The Bertz CT molecular complexity index is 459. The maximum Gasteiger partial charge on any atom is 0.0624 e. The van der Waals surface area contributed by atoms with Crippen molar-refractivity contribution in [2.24, 2.45) is 5.73 Å². The monoisotopic (exact) mass is 249 g/mol. The molecule has 2 nitrogen and oxygen atoms in total. The van der Waals surface area contributed by atoms with E-state index in [4.69, 9.17) is 10.8 Å². The summed E-state index contributed by atoms with van der Waals surface area (Å²) < 4.78 is 0. The molecule has 0 saturated carbocycles. The van der Waals surface area contributed by atoms with E-state index in [1.807, 2.05) is 42.5 Å². The number of benzene rings is 2. The highest BCUT2D eigenvalue weighted by molar-refractivity contribution is 5.85. The molecule has 3 N–H and O–H groups in total. The van der Waals surface area contributed by atoms with Crippen LogP contribution in [-0.2, 0) is 0 Å². The fraction of sp³-hybridized carbons (Fsp3) is 0.143. The molecule has 0 aromatic heterocycles. The smallest absolute Gasteiger partial charge is 0.0624 e. The third-order valence-electron chi connectivity index (χ3n) is 2.62. The first kappa shape index (κ1) is 13.7. The number of aliphatic hydroxyl groups is 1. The van der Waals surface area contributed by atoms with E-state index in [2.05, 4.69) is 12.1 Å². The van der Waals surface area contributed by atoms with E-state index < -0.39 is 0 Å². The van der Waals surface area contributed by atoms with Gasteiger partial charge >= 0.3 is 0 Å². The largest absolute Gasteiger partial charge is 0.394 e. The van der Waals surface area contributed by atoms with Crippen molar-refractivity contribution < 1.29 is 5.11 Å². The van der Waals surface area contributed by atoms with Gasteiger partial charge in [-0.05, 0) is 22.8 Å². The summed E-state index contributed by atoms with van der Waals surface area (Å²) in [6.07, 6.45) is 0. The van der Waals surface area contributed by atoms with Gasteiger partial charge in [0, 0.05) is 0 Å². The molecule has 0 radical (unpaired) electrons. The Morgan fingerprint density at radius 2 is 1.59 bits per heavy atom. The van der Waals surface area contributed by atoms with Gasteiger partial charge in [0.05, 0.1) is 12.6 Å². The van der Waals surface area contributed by atoms with Gasteiger partial charge in [0.2, 0.25) is 0 Å². The van der Waals surface area contributed by atoms with Gasteiger partial charge in [0.15, 0.2) is 0 Å². The van der Waals surface area contributed by atoms with Crippen LogP contribution < -0.4 is 5.73 Å². The molecule has 2 aromatic rings. The third kappa shape index (κ3) is 3.30. The lowest BCUT2D eigenvalue weighted by Crippen LogP contribution is -2.14. The molecule has 2 rings (SSSR count). The standard InChI is InChI=1S/C14H15NO.ClH/c15-14(10-16)13-8-4-7-12(9-13)11-5-2-1-3-6-11;/h1-9,14,16H,10,15H2;1H/t14-;/m1./s1. The van der Waals surface area contributed by atoms with Crippen LogP contribution in [0.5, 0.6) is 0 Å². The van der Waals surface area contributed by atoms with Crippen LogP contribution in [0.3, 0.4) is 0 Å². The van der Waals surface area contributed by atoms with Crippen LogP contribution in [0.4, 0.5) is 0 Å². The predicted octanol–water partition coefficient (Wildman–Crippen LogP) is 2.77. The molecule has 0 bridgehead atoms. The van der Waals surface area contributed by atoms with Crippen LogP contribution in [0.1, 0.15) is 11.6 Å². The molecule has 2 aromatic carbocycles. The number of halogens is 1. The quantitative estimate of drug-likeness (QED) is 0.879. The average molecular weight is 250 g/mol. The fourth-order valence-corrected chi connectivity index (χ4v) is 1.68. The summed E-state index contributed by atoms with van der Waals surface area (Å²) in [5.74, 6) is 0. The zero-order valence-corrected chi connectivity index (χ0v) is 10.2. The Balaban J connectivity index is 0.00000144. The number of hydrogen-bond donors (Lipinski definition) is 2. The van der Waals surface area contributed by atoms with Crippen LogP contribution in [0.25, 0.3) is 11.1 Å². The number of nitrogens with two attached hydrogens (primary N) is 1. The zero-order valence-electron chi connectivity index (χ0n) is 9.41. The average Bonchev–Trinajstić information content (AvgIpc) is 2.39. The van der Waals surface area contributed by atoms with Crippen LogP contribution in [-0.4, -0.2) is 11.7 Å². The second-order valence-electron chi connectivity index (χ2n) is 3.78. The van der Waals surface area contributed by atoms with E-state index in [1.54, 1.807) is 0 Å². The Morgan fingerprint density at radius 3 is 2.24 bits per heavy atom. The van der Waals surface area contributed by atoms with Crippen molar-refractivity contribution >= 4 is 12.4 Å². The summed E-state index contributed by atoms with van der Waals surface area (Å²) in [6.45, 7) is -0.0295. The van der Waals surface area contributed by atoms with Gasteiger partial charge in [0.1, 0.15) is 0 Å². The highest BCUT2D eigenvalue weighted by atomic mass is 35.5. The van der Waals surface area contributed by atoms with Crippen LogP contribution >= 0.6 is 12.4 Å². The summed E-state index contributed by atoms with van der Waals surface area (Å²) in [7, 11) is 0. The minimum Gasteiger partial charge on any atom is -0.394 e. The van der Waals surface area contributed by atoms with Crippen molar-refractivity contribution in [3.63, 3.8) is 0 Å². The van der Waals surface area contributed by atoms with Gasteiger partial charge in [-0.25, -0.2) is 0 Å². The second kappa shape index (κ2) is 6.40. The molecule has 0 spiro atoms. The molecule has 0 aliphatic carbocycles. The van der Waals surface area contributed by atoms with Gasteiger partial charge in [-0.1, -0.05) is 48.5 Å². The summed E-state index contributed by atoms with van der Waals surface area (Å²) in [4.78, 5) is 0. The lowest BCUT2D eigenvalue weighted by molar-refractivity contribution is 0.268. The number of hydrogen-bond acceptors (Lipinski definition) is 2. The molecule has 0 aliphatic heterocycles. The van der Waals surface area contributed by atoms with Gasteiger partial charge in [-0.15, -0.1) is 12.4 Å². The third-order valence-corrected chi connectivity index (χ3v) is 2.62. The number of aliphatic hydroxyl groups excluding tert-OH is 1. The first-order valence-electron chi connectivity index (χ1n) is 5.33. The second-order valence-corrected chi connectivity index (χ2v) is 3.78. The van der Waals surface area contributed by atoms with Crippen LogP contribution in [0.2, 0.25) is 0 Å². The SMILES string of the molecule is Cl.N[C@H](CO)c1cccc(-c2ccccc2)c1. The van der Waals surface area contributed by atoms with E-state index in [9.17, 15) is 0 Å². The zero-order chi connectivity index (χ0) is 11.4. The topological polar surface area (TPSA) is 46.2 Å². The van der Waals surface area contributed by atoms with Gasteiger partial charge in [0.25, 0.3) is 0 Å². The summed E-state index contributed by atoms with van der Waals surface area (Å²) in [6, 6.07) is 17.8. The minimum absolute atomic E-state index is 0. The summed E-state index contributed by atoms with van der Waals surface area (Å²) >= 11 is 0. The normalized spacial score (nSPS) is 11.6. The first-order valence-corrected chi connectivity index (χ1v) is 5.33. The molecule has 17 heavy (non-hydrogen) atoms. The van der Waals surface area contributed by atoms with Crippen molar-refractivity contribution in [1.82, 2.24) is 0 Å². The molecular weight excluding hydrogens is 234 g/mol. The van der Waals surface area contributed by atoms with Crippen molar-refractivity contribution in [1.29, 1.82) is 0 Å². The predicted molar refractivity (Wildman–Crippen MR) is 73.1 cm³/mol. The summed E-state index contributed by atoms with van der Waals surface area (Å²) in [5.41, 5.74) is 9.04. The maximum atomic E-state index is 9.02. The minimum atomic E-state index is -0.302. The highest BCUT2D eigenvalue weighted by Crippen LogP contribution is 2.22. The lowest BCUT2D eigenvalue weighted by Gasteiger charge is -2.10. The van der Waals surface area contributed by atoms with Crippen molar-refractivity contribution in [2.75, 3.05) is 6.61 Å². The molecular formula is C14H16ClNO. The van der Waals surface area contributed by atoms with Gasteiger partial charge < -0.3 is 10.8 Å². The molecule has 90 valence electrons. The molecule has 0 saturated heterocycles. The van der Waals surface area contributed by atoms with E-state index in [0.29, 0.717) is 0 Å². The Hall–Kier alpha value is -1.35. The fourth-order valence-electron chi connectivity index (χ4n) is 1.68. The Morgan fingerprint density at radius 1 is 0.941 bits per heavy atom. The van der Waals surface area contributed by atoms with Gasteiger partial charge in [-0.3, -0.25) is 0 Å². The van der Waals surface area contributed by atoms with E-state index in [1.165, 1.54) is 0 Å². The van der Waals surface area contributed by atoms with Crippen molar-refractivity contribution in [3.05, 3.63) is 60.2 Å². The van der Waals surface area contributed by atoms with E-state index >= 15 is 0 Å². The molecule has 1 atom stereocenters. The maximum absolute atomic E-state index is 9.02. The van der Waals surface area contributed by atoms with E-state index in [-0.39, 0.29) is 25.1 Å². The molecule has 0 heterocycles. The Kier molecular flexibility index (Phi) is 5.16. The Labute approximate surface area is 108 Å². The molecule has 0 aliphatic rings. The lowest BCUT2D eigenvalue weighted by atomic mass is 10.0. The highest BCUT2D eigenvalue weighted by Gasteiger charge is 2.05. The van der Waals surface area contributed by atoms with Crippen LogP contribution in [0, 0.1) is 0 Å². The van der Waals surface area contributed by atoms with Crippen LogP contribution in [0.15, 0.2) is 54.6 Å². The van der Waals surface area contributed by atoms with Gasteiger partial charge in [-0.2, -0.15) is 0 Å². The molecule has 3 heteroatoms. The first-order chi connectivity index (χ1) is 7.81. The molecule has 0 fully saturated rings. The van der Waals surface area contributed by atoms with Crippen molar-refractivity contribution in [2.45, 2.75) is 6.04 Å². The van der Waals surface area contributed by atoms with E-state index in [0.717, 1.165) is 16.7 Å². The summed E-state index contributed by atoms with van der Waals surface area (Å²) in [5, 5.41) is 9.02.